The van der Waals surface area contributed by atoms with Gasteiger partial charge >= 0.3 is 0 Å². The lowest BCUT2D eigenvalue weighted by Crippen LogP contribution is -2.55. The first kappa shape index (κ1) is 23.8. The number of anilines is 1. The molecule has 0 aliphatic carbocycles. The van der Waals surface area contributed by atoms with E-state index in [0.29, 0.717) is 52.8 Å². The average molecular weight is 493 g/mol. The number of fused-ring (bicyclic) bond motifs is 1. The maximum absolute atomic E-state index is 9.57. The van der Waals surface area contributed by atoms with Gasteiger partial charge in [0.25, 0.3) is 5.89 Å². The highest BCUT2D eigenvalue weighted by atomic mass is 35.5. The molecule has 0 radical (unpaired) electrons. The van der Waals surface area contributed by atoms with Gasteiger partial charge in [-0.1, -0.05) is 47.4 Å². The van der Waals surface area contributed by atoms with E-state index in [1.807, 2.05) is 25.1 Å². The van der Waals surface area contributed by atoms with E-state index in [-0.39, 0.29) is 13.2 Å². The molecule has 33 heavy (non-hydrogen) atoms. The number of halogens is 2. The zero-order valence-corrected chi connectivity index (χ0v) is 19.7. The highest BCUT2D eigenvalue weighted by Gasteiger charge is 2.31. The van der Waals surface area contributed by atoms with Gasteiger partial charge < -0.3 is 30.1 Å². The zero-order valence-electron chi connectivity index (χ0n) is 18.2. The van der Waals surface area contributed by atoms with E-state index in [0.717, 1.165) is 29.7 Å². The van der Waals surface area contributed by atoms with Crippen molar-refractivity contribution in [2.24, 2.45) is 5.73 Å². The fraction of sp³-hybridized carbons (Fsp3) is 0.391. The highest BCUT2D eigenvalue weighted by Crippen LogP contribution is 2.39. The van der Waals surface area contributed by atoms with Gasteiger partial charge in [0.1, 0.15) is 0 Å². The molecule has 0 fully saturated rings. The van der Waals surface area contributed by atoms with Crippen molar-refractivity contribution in [1.82, 2.24) is 10.1 Å². The summed E-state index contributed by atoms with van der Waals surface area (Å²) in [7, 11) is 0. The molecule has 0 saturated carbocycles. The van der Waals surface area contributed by atoms with Crippen LogP contribution in [0.2, 0.25) is 10.0 Å². The van der Waals surface area contributed by atoms with E-state index in [1.54, 1.807) is 12.1 Å². The molecular formula is C23H26Cl2N4O4. The summed E-state index contributed by atoms with van der Waals surface area (Å²) in [5.74, 6) is 1.18. The van der Waals surface area contributed by atoms with Crippen LogP contribution < -0.4 is 15.4 Å². The number of ether oxygens (including phenoxy) is 1. The number of nitrogens with two attached hydrogens (primary N) is 1. The Labute approximate surface area is 201 Å². The summed E-state index contributed by atoms with van der Waals surface area (Å²) in [6, 6.07) is 9.21. The van der Waals surface area contributed by atoms with Gasteiger partial charge in [-0.25, -0.2) is 0 Å². The van der Waals surface area contributed by atoms with Crippen LogP contribution in [0.1, 0.15) is 18.9 Å². The van der Waals surface area contributed by atoms with E-state index in [2.05, 4.69) is 15.0 Å². The van der Waals surface area contributed by atoms with Crippen LogP contribution in [-0.4, -0.2) is 58.8 Å². The minimum Gasteiger partial charge on any atom is -0.490 e. The second kappa shape index (κ2) is 9.87. The van der Waals surface area contributed by atoms with E-state index >= 15 is 0 Å². The van der Waals surface area contributed by atoms with Crippen molar-refractivity contribution >= 4 is 28.9 Å². The third-order valence-electron chi connectivity index (χ3n) is 5.62. The van der Waals surface area contributed by atoms with Crippen LogP contribution in [0.4, 0.5) is 5.69 Å². The summed E-state index contributed by atoms with van der Waals surface area (Å²) < 4.78 is 11.1. The van der Waals surface area contributed by atoms with Crippen molar-refractivity contribution in [2.45, 2.75) is 25.3 Å². The van der Waals surface area contributed by atoms with Gasteiger partial charge in [0, 0.05) is 29.9 Å². The molecule has 3 aromatic rings. The third-order valence-corrected chi connectivity index (χ3v) is 6.18. The minimum absolute atomic E-state index is 0.296. The molecule has 1 aliphatic heterocycles. The molecule has 1 aliphatic rings. The van der Waals surface area contributed by atoms with Gasteiger partial charge in [-0.2, -0.15) is 4.98 Å². The van der Waals surface area contributed by atoms with Crippen molar-refractivity contribution in [3.05, 3.63) is 45.9 Å². The Hall–Kier alpha value is -2.36. The van der Waals surface area contributed by atoms with Crippen LogP contribution in [0.25, 0.3) is 22.8 Å². The summed E-state index contributed by atoms with van der Waals surface area (Å²) in [5.41, 5.74) is 8.49. The first-order valence-electron chi connectivity index (χ1n) is 10.7. The molecule has 0 atom stereocenters. The number of hydrogen-bond donors (Lipinski definition) is 3. The first-order chi connectivity index (χ1) is 15.9. The van der Waals surface area contributed by atoms with Gasteiger partial charge in [-0.05, 0) is 36.6 Å². The number of hydrogen-bond acceptors (Lipinski definition) is 8. The maximum atomic E-state index is 9.57. The van der Waals surface area contributed by atoms with Crippen LogP contribution >= 0.6 is 23.2 Å². The Morgan fingerprint density at radius 1 is 1.21 bits per heavy atom. The number of rotatable bonds is 9. The normalized spacial score (nSPS) is 13.5. The van der Waals surface area contributed by atoms with Gasteiger partial charge in [-0.3, -0.25) is 0 Å². The molecule has 2 heterocycles. The molecule has 4 N–H and O–H groups in total. The number of aliphatic hydroxyl groups excluding tert-OH is 2. The molecule has 4 rings (SSSR count). The average Bonchev–Trinajstić information content (AvgIpc) is 3.46. The topological polar surface area (TPSA) is 118 Å². The van der Waals surface area contributed by atoms with Crippen molar-refractivity contribution in [1.29, 1.82) is 0 Å². The third kappa shape index (κ3) is 4.81. The summed E-state index contributed by atoms with van der Waals surface area (Å²) in [5, 5.41) is 24.1. The van der Waals surface area contributed by atoms with E-state index in [4.69, 9.17) is 38.2 Å². The molecule has 10 heteroatoms. The van der Waals surface area contributed by atoms with Crippen LogP contribution in [0, 0.1) is 0 Å². The van der Waals surface area contributed by atoms with Crippen molar-refractivity contribution in [2.75, 3.05) is 37.8 Å². The van der Waals surface area contributed by atoms with Crippen molar-refractivity contribution in [3.8, 4) is 28.6 Å². The molecule has 0 unspecified atom stereocenters. The van der Waals surface area contributed by atoms with Gasteiger partial charge in [-0.15, -0.1) is 0 Å². The molecule has 0 bridgehead atoms. The Balaban J connectivity index is 1.62. The molecule has 8 nitrogen and oxygen atoms in total. The molecular weight excluding hydrogens is 467 g/mol. The van der Waals surface area contributed by atoms with Gasteiger partial charge in [0.05, 0.1) is 35.4 Å². The summed E-state index contributed by atoms with van der Waals surface area (Å²) >= 11 is 12.7. The van der Waals surface area contributed by atoms with Crippen LogP contribution in [0.5, 0.6) is 5.75 Å². The molecule has 0 saturated heterocycles. The summed E-state index contributed by atoms with van der Waals surface area (Å²) in [6.07, 6.45) is 1.59. The van der Waals surface area contributed by atoms with Crippen LogP contribution in [0.15, 0.2) is 34.9 Å². The molecule has 0 spiro atoms. The lowest BCUT2D eigenvalue weighted by atomic mass is 10.0. The monoisotopic (exact) mass is 492 g/mol. The Morgan fingerprint density at radius 2 is 1.94 bits per heavy atom. The maximum Gasteiger partial charge on any atom is 0.258 e. The zero-order chi connectivity index (χ0) is 23.6. The fourth-order valence-electron chi connectivity index (χ4n) is 3.88. The Kier molecular flexibility index (Phi) is 7.11. The Bertz CT molecular complexity index is 1110. The summed E-state index contributed by atoms with van der Waals surface area (Å²) in [6.45, 7) is 2.94. The first-order valence-corrected chi connectivity index (χ1v) is 11.5. The number of nitrogens with zero attached hydrogens (tertiary/aromatic N) is 3. The van der Waals surface area contributed by atoms with E-state index in [9.17, 15) is 10.2 Å². The Morgan fingerprint density at radius 3 is 2.61 bits per heavy atom. The SMILES string of the molecule is CCCOc1c(Cl)cc(-c2nc(-c3cccc4c3CCN4CC(N)(CO)CO)no2)cc1Cl. The number of benzene rings is 2. The van der Waals surface area contributed by atoms with Crippen LogP contribution in [-0.2, 0) is 6.42 Å². The predicted molar refractivity (Wildman–Crippen MR) is 128 cm³/mol. The second-order valence-electron chi connectivity index (χ2n) is 8.19. The predicted octanol–water partition coefficient (Wildman–Crippen LogP) is 3.54. The van der Waals surface area contributed by atoms with E-state index in [1.165, 1.54) is 0 Å². The smallest absolute Gasteiger partial charge is 0.258 e. The minimum atomic E-state index is -1.08. The van der Waals surface area contributed by atoms with Crippen molar-refractivity contribution < 1.29 is 19.5 Å². The quantitative estimate of drug-likeness (QED) is 0.414. The van der Waals surface area contributed by atoms with Crippen LogP contribution in [0.3, 0.4) is 0 Å². The lowest BCUT2D eigenvalue weighted by Gasteiger charge is -2.31. The second-order valence-corrected chi connectivity index (χ2v) is 9.01. The number of aliphatic hydroxyl groups is 2. The molecule has 2 aromatic carbocycles. The molecule has 1 aromatic heterocycles. The molecule has 176 valence electrons. The summed E-state index contributed by atoms with van der Waals surface area (Å²) in [4.78, 5) is 6.63. The lowest BCUT2D eigenvalue weighted by molar-refractivity contribution is 0.125. The van der Waals surface area contributed by atoms with E-state index < -0.39 is 5.54 Å². The standard InChI is InChI=1S/C23H26Cl2N4O4/c1-2-8-32-20-17(24)9-14(10-18(20)25)22-27-21(28-33-22)16-4-3-5-19-15(16)6-7-29(19)11-23(26,12-30)13-31/h3-5,9-10,30-31H,2,6-8,11-13,26H2,1H3. The van der Waals surface area contributed by atoms with Gasteiger partial charge in [0.15, 0.2) is 5.75 Å². The van der Waals surface area contributed by atoms with Crippen molar-refractivity contribution in [3.63, 3.8) is 0 Å². The highest BCUT2D eigenvalue weighted by molar-refractivity contribution is 6.37. The van der Waals surface area contributed by atoms with Gasteiger partial charge in [0.2, 0.25) is 5.82 Å². The fourth-order valence-corrected chi connectivity index (χ4v) is 4.48. The number of aromatic nitrogens is 2. The largest absolute Gasteiger partial charge is 0.490 e. The molecule has 0 amide bonds.